The number of pyridine rings is 1. The van der Waals surface area contributed by atoms with E-state index < -0.39 is 5.95 Å². The Bertz CT molecular complexity index is 288. The fourth-order valence-electron chi connectivity index (χ4n) is 0.572. The molecule has 0 spiro atoms. The van der Waals surface area contributed by atoms with Crippen LogP contribution in [0, 0.1) is 18.3 Å². The van der Waals surface area contributed by atoms with E-state index in [1.54, 1.807) is 0 Å². The van der Waals surface area contributed by atoms with E-state index in [0.29, 0.717) is 5.56 Å². The van der Waals surface area contributed by atoms with Gasteiger partial charge in [0, 0.05) is 0 Å². The standard InChI is InChI=1S/C7H5FN2/c1-2-5-3-4-6(8)10-7(5)9/h1,3-4H,(H2,9,10). The molecule has 3 heteroatoms. The third kappa shape index (κ3) is 1.06. The Balaban J connectivity index is 3.23. The number of nitrogen functional groups attached to an aromatic ring is 1. The lowest BCUT2D eigenvalue weighted by molar-refractivity contribution is 0.585. The fourth-order valence-corrected chi connectivity index (χ4v) is 0.572. The Kier molecular flexibility index (Phi) is 1.55. The molecular weight excluding hydrogens is 131 g/mol. The predicted molar refractivity (Wildman–Crippen MR) is 36.5 cm³/mol. The van der Waals surface area contributed by atoms with Crippen LogP contribution in [-0.2, 0) is 0 Å². The molecule has 0 unspecified atom stereocenters. The summed E-state index contributed by atoms with van der Waals surface area (Å²) in [6, 6.07) is 2.59. The molecule has 1 heterocycles. The quantitative estimate of drug-likeness (QED) is 0.423. The van der Waals surface area contributed by atoms with Gasteiger partial charge in [-0.25, -0.2) is 4.98 Å². The number of nitrogens with two attached hydrogens (primary N) is 1. The molecule has 2 N–H and O–H groups in total. The van der Waals surface area contributed by atoms with Gasteiger partial charge in [-0.2, -0.15) is 4.39 Å². The minimum atomic E-state index is -0.614. The van der Waals surface area contributed by atoms with Crippen molar-refractivity contribution in [3.8, 4) is 12.3 Å². The molecule has 1 aromatic rings. The van der Waals surface area contributed by atoms with Crippen LogP contribution in [-0.4, -0.2) is 4.98 Å². The van der Waals surface area contributed by atoms with Gasteiger partial charge in [0.05, 0.1) is 5.56 Å². The minimum Gasteiger partial charge on any atom is -0.383 e. The molecule has 0 radical (unpaired) electrons. The first-order valence-corrected chi connectivity index (χ1v) is 2.62. The molecule has 0 aliphatic heterocycles. The van der Waals surface area contributed by atoms with Crippen LogP contribution in [0.4, 0.5) is 10.2 Å². The van der Waals surface area contributed by atoms with E-state index in [9.17, 15) is 4.39 Å². The molecule has 0 saturated heterocycles. The van der Waals surface area contributed by atoms with Crippen LogP contribution in [0.5, 0.6) is 0 Å². The van der Waals surface area contributed by atoms with Gasteiger partial charge >= 0.3 is 0 Å². The molecule has 0 aliphatic carbocycles. The zero-order chi connectivity index (χ0) is 7.56. The van der Waals surface area contributed by atoms with Crippen LogP contribution in [0.15, 0.2) is 12.1 Å². The maximum absolute atomic E-state index is 12.2. The highest BCUT2D eigenvalue weighted by Crippen LogP contribution is 2.06. The Morgan fingerprint density at radius 3 is 2.80 bits per heavy atom. The van der Waals surface area contributed by atoms with Gasteiger partial charge in [-0.3, -0.25) is 0 Å². The van der Waals surface area contributed by atoms with E-state index in [4.69, 9.17) is 12.2 Å². The summed E-state index contributed by atoms with van der Waals surface area (Å²) >= 11 is 0. The summed E-state index contributed by atoms with van der Waals surface area (Å²) in [7, 11) is 0. The van der Waals surface area contributed by atoms with Crippen molar-refractivity contribution in [3.05, 3.63) is 23.6 Å². The third-order valence-corrected chi connectivity index (χ3v) is 1.05. The molecule has 0 aromatic carbocycles. The van der Waals surface area contributed by atoms with E-state index in [2.05, 4.69) is 10.9 Å². The van der Waals surface area contributed by atoms with Gasteiger partial charge in [-0.1, -0.05) is 5.92 Å². The SMILES string of the molecule is C#Cc1ccc(F)nc1N. The lowest BCUT2D eigenvalue weighted by Crippen LogP contribution is -1.95. The second kappa shape index (κ2) is 2.36. The summed E-state index contributed by atoms with van der Waals surface area (Å²) in [5, 5.41) is 0. The van der Waals surface area contributed by atoms with E-state index in [0.717, 1.165) is 0 Å². The monoisotopic (exact) mass is 136 g/mol. The number of rotatable bonds is 0. The topological polar surface area (TPSA) is 38.9 Å². The van der Waals surface area contributed by atoms with Crippen LogP contribution >= 0.6 is 0 Å². The van der Waals surface area contributed by atoms with Gasteiger partial charge in [0.15, 0.2) is 0 Å². The van der Waals surface area contributed by atoms with Crippen molar-refractivity contribution in [3.63, 3.8) is 0 Å². The number of terminal acetylenes is 1. The lowest BCUT2D eigenvalue weighted by Gasteiger charge is -1.94. The van der Waals surface area contributed by atoms with Gasteiger partial charge < -0.3 is 5.73 Å². The molecule has 10 heavy (non-hydrogen) atoms. The number of hydrogen-bond acceptors (Lipinski definition) is 2. The van der Waals surface area contributed by atoms with Crippen molar-refractivity contribution in [2.45, 2.75) is 0 Å². The van der Waals surface area contributed by atoms with Crippen molar-refractivity contribution in [1.29, 1.82) is 0 Å². The van der Waals surface area contributed by atoms with Crippen LogP contribution in [0.2, 0.25) is 0 Å². The molecule has 2 nitrogen and oxygen atoms in total. The van der Waals surface area contributed by atoms with Crippen LogP contribution in [0.25, 0.3) is 0 Å². The van der Waals surface area contributed by atoms with Gasteiger partial charge in [0.1, 0.15) is 5.82 Å². The van der Waals surface area contributed by atoms with Crippen molar-refractivity contribution in [2.24, 2.45) is 0 Å². The average Bonchev–Trinajstić information content (AvgIpc) is 1.88. The zero-order valence-corrected chi connectivity index (χ0v) is 5.13. The summed E-state index contributed by atoms with van der Waals surface area (Å²) < 4.78 is 12.2. The maximum Gasteiger partial charge on any atom is 0.214 e. The number of nitrogens with zero attached hydrogens (tertiary/aromatic N) is 1. The number of hydrogen-bond donors (Lipinski definition) is 1. The molecule has 0 saturated carbocycles. The van der Waals surface area contributed by atoms with E-state index in [1.165, 1.54) is 12.1 Å². The third-order valence-electron chi connectivity index (χ3n) is 1.05. The Morgan fingerprint density at radius 2 is 2.30 bits per heavy atom. The molecule has 0 bridgehead atoms. The normalized spacial score (nSPS) is 8.80. The van der Waals surface area contributed by atoms with E-state index in [1.807, 2.05) is 0 Å². The van der Waals surface area contributed by atoms with Crippen molar-refractivity contribution in [1.82, 2.24) is 4.98 Å². The first-order valence-electron chi connectivity index (χ1n) is 2.62. The largest absolute Gasteiger partial charge is 0.383 e. The van der Waals surface area contributed by atoms with Crippen LogP contribution < -0.4 is 5.73 Å². The molecular formula is C7H5FN2. The number of aromatic nitrogens is 1. The van der Waals surface area contributed by atoms with Gasteiger partial charge in [-0.15, -0.1) is 6.42 Å². The number of anilines is 1. The van der Waals surface area contributed by atoms with Gasteiger partial charge in [-0.05, 0) is 12.1 Å². The Labute approximate surface area is 57.9 Å². The second-order valence-corrected chi connectivity index (χ2v) is 1.71. The predicted octanol–water partition coefficient (Wildman–Crippen LogP) is 0.784. The molecule has 1 rings (SSSR count). The van der Waals surface area contributed by atoms with Crippen LogP contribution in [0.3, 0.4) is 0 Å². The van der Waals surface area contributed by atoms with Gasteiger partial charge in [0.25, 0.3) is 0 Å². The van der Waals surface area contributed by atoms with Gasteiger partial charge in [0.2, 0.25) is 5.95 Å². The van der Waals surface area contributed by atoms with E-state index in [-0.39, 0.29) is 5.82 Å². The highest BCUT2D eigenvalue weighted by Gasteiger charge is 1.96. The summed E-state index contributed by atoms with van der Waals surface area (Å²) in [6.07, 6.45) is 5.01. The van der Waals surface area contributed by atoms with Crippen molar-refractivity contribution < 1.29 is 4.39 Å². The van der Waals surface area contributed by atoms with E-state index >= 15 is 0 Å². The molecule has 0 fully saturated rings. The molecule has 0 aliphatic rings. The molecule has 50 valence electrons. The molecule has 1 aromatic heterocycles. The maximum atomic E-state index is 12.2. The van der Waals surface area contributed by atoms with Crippen molar-refractivity contribution in [2.75, 3.05) is 5.73 Å². The average molecular weight is 136 g/mol. The van der Waals surface area contributed by atoms with Crippen LogP contribution in [0.1, 0.15) is 5.56 Å². The fraction of sp³-hybridized carbons (Fsp3) is 0. The first kappa shape index (κ1) is 6.56. The Morgan fingerprint density at radius 1 is 1.60 bits per heavy atom. The molecule has 0 atom stereocenters. The van der Waals surface area contributed by atoms with Crippen molar-refractivity contribution >= 4 is 5.82 Å². The Hall–Kier alpha value is -1.56. The minimum absolute atomic E-state index is 0.0579. The lowest BCUT2D eigenvalue weighted by atomic mass is 10.3. The summed E-state index contributed by atoms with van der Waals surface area (Å²) in [5.74, 6) is 1.71. The number of halogens is 1. The first-order chi connectivity index (χ1) is 4.74. The smallest absolute Gasteiger partial charge is 0.214 e. The zero-order valence-electron chi connectivity index (χ0n) is 5.13. The second-order valence-electron chi connectivity index (χ2n) is 1.71. The summed E-state index contributed by atoms with van der Waals surface area (Å²) in [5.41, 5.74) is 5.66. The highest BCUT2D eigenvalue weighted by molar-refractivity contribution is 5.49. The summed E-state index contributed by atoms with van der Waals surface area (Å²) in [4.78, 5) is 3.31. The highest BCUT2D eigenvalue weighted by atomic mass is 19.1. The summed E-state index contributed by atoms with van der Waals surface area (Å²) in [6.45, 7) is 0. The molecule has 0 amide bonds.